The summed E-state index contributed by atoms with van der Waals surface area (Å²) in [6.07, 6.45) is 2.24. The van der Waals surface area contributed by atoms with Crippen LogP contribution in [0, 0.1) is 0 Å². The van der Waals surface area contributed by atoms with Gasteiger partial charge in [-0.3, -0.25) is 0 Å². The summed E-state index contributed by atoms with van der Waals surface area (Å²) >= 11 is 0. The Hall–Kier alpha value is -1.10. The highest BCUT2D eigenvalue weighted by Gasteiger charge is 2.11. The monoisotopic (exact) mass is 144 g/mol. The van der Waals surface area contributed by atoms with Gasteiger partial charge in [0.15, 0.2) is 0 Å². The highest BCUT2D eigenvalue weighted by Crippen LogP contribution is 2.06. The molecular formula is C5H9FN4. The molecule has 0 saturated heterocycles. The highest BCUT2D eigenvalue weighted by atomic mass is 19.2. The van der Waals surface area contributed by atoms with Crippen molar-refractivity contribution in [2.45, 2.75) is 13.1 Å². The molecule has 1 rings (SSSR count). The van der Waals surface area contributed by atoms with Crippen molar-refractivity contribution in [3.8, 4) is 0 Å². The molecule has 0 aliphatic carbocycles. The van der Waals surface area contributed by atoms with Gasteiger partial charge in [-0.05, 0) is 6.92 Å². The molecule has 1 aliphatic rings. The van der Waals surface area contributed by atoms with Gasteiger partial charge < -0.3 is 5.43 Å². The number of amidine groups is 1. The van der Waals surface area contributed by atoms with Crippen molar-refractivity contribution in [3.63, 3.8) is 0 Å². The van der Waals surface area contributed by atoms with Gasteiger partial charge in [0.05, 0.1) is 0 Å². The molecule has 5 heteroatoms. The van der Waals surface area contributed by atoms with Crippen molar-refractivity contribution < 1.29 is 4.48 Å². The van der Waals surface area contributed by atoms with E-state index >= 15 is 0 Å². The molecule has 0 aromatic carbocycles. The molecule has 0 radical (unpaired) electrons. The van der Waals surface area contributed by atoms with Gasteiger partial charge in [-0.1, -0.05) is 4.48 Å². The van der Waals surface area contributed by atoms with Gasteiger partial charge in [0.1, 0.15) is 12.0 Å². The minimum absolute atomic E-state index is 0.487. The van der Waals surface area contributed by atoms with E-state index in [2.05, 4.69) is 10.4 Å². The Balaban J connectivity index is 2.66. The first-order chi connectivity index (χ1) is 4.74. The number of nitrogens with zero attached hydrogens (tertiary/aromatic N) is 2. The first-order valence-electron chi connectivity index (χ1n) is 2.91. The Kier molecular flexibility index (Phi) is 1.86. The lowest BCUT2D eigenvalue weighted by Gasteiger charge is -2.18. The van der Waals surface area contributed by atoms with Crippen LogP contribution in [0.1, 0.15) is 6.92 Å². The third-order valence-corrected chi connectivity index (χ3v) is 1.21. The molecule has 0 saturated carbocycles. The molecule has 10 heavy (non-hydrogen) atoms. The third kappa shape index (κ3) is 1.24. The van der Waals surface area contributed by atoms with Crippen molar-refractivity contribution in [2.24, 2.45) is 10.8 Å². The first-order valence-corrected chi connectivity index (χ1v) is 2.91. The molecule has 3 N–H and O–H groups in total. The van der Waals surface area contributed by atoms with E-state index in [4.69, 9.17) is 5.84 Å². The second-order valence-corrected chi connectivity index (χ2v) is 1.95. The zero-order valence-electron chi connectivity index (χ0n) is 5.58. The lowest BCUT2D eigenvalue weighted by atomic mass is 10.4. The van der Waals surface area contributed by atoms with E-state index in [1.807, 2.05) is 0 Å². The predicted octanol–water partition coefficient (Wildman–Crippen LogP) is -0.0920. The number of halogens is 1. The Morgan fingerprint density at radius 1 is 1.90 bits per heavy atom. The molecule has 0 fully saturated rings. The largest absolute Gasteiger partial charge is 0.309 e. The Labute approximate surface area is 58.1 Å². The van der Waals surface area contributed by atoms with E-state index in [0.29, 0.717) is 11.0 Å². The quantitative estimate of drug-likeness (QED) is 0.284. The molecule has 1 aliphatic heterocycles. The zero-order chi connectivity index (χ0) is 7.56. The summed E-state index contributed by atoms with van der Waals surface area (Å²) < 4.78 is 12.5. The van der Waals surface area contributed by atoms with Crippen LogP contribution in [-0.2, 0) is 0 Å². The number of aliphatic imine (C=N–C) groups is 1. The summed E-state index contributed by atoms with van der Waals surface area (Å²) in [5.41, 5.74) is 2.32. The lowest BCUT2D eigenvalue weighted by Crippen LogP contribution is -2.34. The van der Waals surface area contributed by atoms with Gasteiger partial charge in [0.2, 0.25) is 0 Å². The van der Waals surface area contributed by atoms with Gasteiger partial charge in [0, 0.05) is 12.3 Å². The summed E-state index contributed by atoms with van der Waals surface area (Å²) in [4.78, 5) is 3.83. The SMILES string of the molecule is CC1N=C(NN)C=CN1F. The van der Waals surface area contributed by atoms with E-state index in [1.165, 1.54) is 12.3 Å². The topological polar surface area (TPSA) is 53.6 Å². The van der Waals surface area contributed by atoms with Crippen LogP contribution in [0.2, 0.25) is 0 Å². The van der Waals surface area contributed by atoms with Crippen molar-refractivity contribution in [3.05, 3.63) is 12.3 Å². The van der Waals surface area contributed by atoms with Crippen LogP contribution in [0.25, 0.3) is 0 Å². The number of rotatable bonds is 0. The summed E-state index contributed by atoms with van der Waals surface area (Å²) in [6, 6.07) is 0. The van der Waals surface area contributed by atoms with E-state index in [9.17, 15) is 4.48 Å². The number of nitrogens with two attached hydrogens (primary N) is 1. The molecule has 1 heterocycles. The molecule has 56 valence electrons. The average Bonchev–Trinajstić information content (AvgIpc) is 1.95. The van der Waals surface area contributed by atoms with Crippen molar-refractivity contribution >= 4 is 5.84 Å². The minimum atomic E-state index is -0.490. The Morgan fingerprint density at radius 2 is 2.60 bits per heavy atom. The van der Waals surface area contributed by atoms with Gasteiger partial charge in [0.25, 0.3) is 0 Å². The van der Waals surface area contributed by atoms with E-state index in [0.717, 1.165) is 0 Å². The van der Waals surface area contributed by atoms with Gasteiger partial charge in [-0.2, -0.15) is 5.12 Å². The maximum Gasteiger partial charge on any atom is 0.149 e. The van der Waals surface area contributed by atoms with E-state index in [1.54, 1.807) is 6.92 Å². The summed E-state index contributed by atoms with van der Waals surface area (Å²) in [7, 11) is 0. The highest BCUT2D eigenvalue weighted by molar-refractivity contribution is 5.92. The molecule has 0 spiro atoms. The third-order valence-electron chi connectivity index (χ3n) is 1.21. The molecule has 4 nitrogen and oxygen atoms in total. The molecule has 0 aromatic heterocycles. The van der Waals surface area contributed by atoms with Crippen LogP contribution in [0.4, 0.5) is 4.48 Å². The van der Waals surface area contributed by atoms with Gasteiger partial charge >= 0.3 is 0 Å². The van der Waals surface area contributed by atoms with Crippen LogP contribution in [-0.4, -0.2) is 17.1 Å². The fourth-order valence-corrected chi connectivity index (χ4v) is 0.651. The second kappa shape index (κ2) is 2.66. The smallest absolute Gasteiger partial charge is 0.149 e. The normalized spacial score (nSPS) is 24.5. The van der Waals surface area contributed by atoms with E-state index < -0.39 is 6.17 Å². The van der Waals surface area contributed by atoms with Gasteiger partial charge in [-0.25, -0.2) is 10.8 Å². The average molecular weight is 144 g/mol. The second-order valence-electron chi connectivity index (χ2n) is 1.95. The lowest BCUT2D eigenvalue weighted by molar-refractivity contribution is 0.0465. The molecule has 0 aromatic rings. The summed E-state index contributed by atoms with van der Waals surface area (Å²) in [5.74, 6) is 5.53. The fraction of sp³-hybridized carbons (Fsp3) is 0.400. The number of hydrogen-bond acceptors (Lipinski definition) is 4. The maximum absolute atomic E-state index is 12.5. The van der Waals surface area contributed by atoms with Crippen molar-refractivity contribution in [1.82, 2.24) is 10.5 Å². The van der Waals surface area contributed by atoms with Crippen molar-refractivity contribution in [2.75, 3.05) is 0 Å². The van der Waals surface area contributed by atoms with Crippen LogP contribution in [0.3, 0.4) is 0 Å². The van der Waals surface area contributed by atoms with E-state index in [-0.39, 0.29) is 0 Å². The number of nitrogens with one attached hydrogen (secondary N) is 1. The fourth-order valence-electron chi connectivity index (χ4n) is 0.651. The maximum atomic E-state index is 12.5. The zero-order valence-corrected chi connectivity index (χ0v) is 5.58. The molecule has 1 unspecified atom stereocenters. The number of hydrazine groups is 1. The predicted molar refractivity (Wildman–Crippen MR) is 36.3 cm³/mol. The summed E-state index contributed by atoms with van der Waals surface area (Å²) in [5, 5.41) is 0.501. The summed E-state index contributed by atoms with van der Waals surface area (Å²) in [6.45, 7) is 1.63. The van der Waals surface area contributed by atoms with Gasteiger partial charge in [-0.15, -0.1) is 0 Å². The Bertz CT molecular complexity index is 176. The molecule has 1 atom stereocenters. The van der Waals surface area contributed by atoms with Crippen LogP contribution in [0.5, 0.6) is 0 Å². The molecule has 0 amide bonds. The molecular weight excluding hydrogens is 135 g/mol. The minimum Gasteiger partial charge on any atom is -0.309 e. The standard InChI is InChI=1S/C5H9FN4/c1-4-8-5(9-7)2-3-10(4)6/h2-4H,7H2,1H3,(H,8,9). The van der Waals surface area contributed by atoms with Crippen molar-refractivity contribution in [1.29, 1.82) is 0 Å². The first kappa shape index (κ1) is 7.01. The number of hydrogen-bond donors (Lipinski definition) is 2. The molecule has 0 bridgehead atoms. The van der Waals surface area contributed by atoms with Crippen LogP contribution >= 0.6 is 0 Å². The Morgan fingerprint density at radius 3 is 3.10 bits per heavy atom. The van der Waals surface area contributed by atoms with Crippen LogP contribution < -0.4 is 11.3 Å². The van der Waals surface area contributed by atoms with Crippen LogP contribution in [0.15, 0.2) is 17.3 Å².